The second-order valence-electron chi connectivity index (χ2n) is 5.10. The fourth-order valence-electron chi connectivity index (χ4n) is 2.29. The van der Waals surface area contributed by atoms with Gasteiger partial charge < -0.3 is 14.3 Å². The molecule has 1 N–H and O–H groups in total. The van der Waals surface area contributed by atoms with Gasteiger partial charge in [0.1, 0.15) is 17.7 Å². The summed E-state index contributed by atoms with van der Waals surface area (Å²) >= 11 is 5.93. The average molecular weight is 326 g/mol. The molecule has 1 aromatic carbocycles. The number of furan rings is 1. The van der Waals surface area contributed by atoms with Crippen molar-refractivity contribution in [2.45, 2.75) is 6.92 Å². The molecule has 0 radical (unpaired) electrons. The second-order valence-corrected chi connectivity index (χ2v) is 5.44. The molecular formula is C16H12ClN5O. The normalized spacial score (nSPS) is 11.0. The van der Waals surface area contributed by atoms with E-state index in [4.69, 9.17) is 16.0 Å². The van der Waals surface area contributed by atoms with Gasteiger partial charge in [0.25, 0.3) is 0 Å². The van der Waals surface area contributed by atoms with Crippen molar-refractivity contribution in [3.8, 4) is 5.69 Å². The van der Waals surface area contributed by atoms with E-state index in [1.165, 1.54) is 5.56 Å². The summed E-state index contributed by atoms with van der Waals surface area (Å²) in [5.41, 5.74) is 3.42. The summed E-state index contributed by atoms with van der Waals surface area (Å²) < 4.78 is 7.32. The first-order valence-electron chi connectivity index (χ1n) is 6.98. The van der Waals surface area contributed by atoms with Crippen molar-refractivity contribution in [3.63, 3.8) is 0 Å². The first kappa shape index (κ1) is 13.8. The van der Waals surface area contributed by atoms with Crippen molar-refractivity contribution in [2.24, 2.45) is 0 Å². The van der Waals surface area contributed by atoms with Crippen LogP contribution in [0.15, 0.2) is 53.5 Å². The monoisotopic (exact) mass is 325 g/mol. The predicted molar refractivity (Wildman–Crippen MR) is 88.4 cm³/mol. The SMILES string of the molecule is Cc1ccc(-n2cnc(Nc3nc(Cl)nc4ccoc34)c2)cc1. The number of fused-ring (bicyclic) bond motifs is 1. The van der Waals surface area contributed by atoms with Crippen molar-refractivity contribution < 1.29 is 4.42 Å². The van der Waals surface area contributed by atoms with Crippen LogP contribution in [0.1, 0.15) is 5.56 Å². The number of nitrogens with one attached hydrogen (secondary N) is 1. The molecule has 4 aromatic rings. The summed E-state index contributed by atoms with van der Waals surface area (Å²) in [6.07, 6.45) is 5.15. The van der Waals surface area contributed by atoms with Gasteiger partial charge >= 0.3 is 0 Å². The van der Waals surface area contributed by atoms with Gasteiger partial charge in [0.2, 0.25) is 5.28 Å². The van der Waals surface area contributed by atoms with E-state index in [1.807, 2.05) is 22.9 Å². The van der Waals surface area contributed by atoms with Gasteiger partial charge in [0.15, 0.2) is 11.4 Å². The van der Waals surface area contributed by atoms with Gasteiger partial charge in [-0.3, -0.25) is 0 Å². The van der Waals surface area contributed by atoms with Crippen molar-refractivity contribution >= 4 is 34.3 Å². The van der Waals surface area contributed by atoms with Gasteiger partial charge in [0, 0.05) is 11.8 Å². The van der Waals surface area contributed by atoms with Crippen LogP contribution in [0.2, 0.25) is 5.28 Å². The Morgan fingerprint density at radius 1 is 1.13 bits per heavy atom. The Balaban J connectivity index is 1.67. The molecule has 0 aliphatic heterocycles. The third-order valence-corrected chi connectivity index (χ3v) is 3.61. The van der Waals surface area contributed by atoms with Crippen LogP contribution in [-0.4, -0.2) is 19.5 Å². The highest BCUT2D eigenvalue weighted by Gasteiger charge is 2.11. The molecule has 6 nitrogen and oxygen atoms in total. The zero-order chi connectivity index (χ0) is 15.8. The van der Waals surface area contributed by atoms with E-state index in [2.05, 4.69) is 39.3 Å². The van der Waals surface area contributed by atoms with Gasteiger partial charge in [0.05, 0.1) is 12.5 Å². The minimum absolute atomic E-state index is 0.152. The molecule has 7 heteroatoms. The predicted octanol–water partition coefficient (Wildman–Crippen LogP) is 4.11. The number of hydrogen-bond acceptors (Lipinski definition) is 5. The lowest BCUT2D eigenvalue weighted by molar-refractivity contribution is 0.615. The van der Waals surface area contributed by atoms with Gasteiger partial charge in [-0.2, -0.15) is 4.98 Å². The van der Waals surface area contributed by atoms with Gasteiger partial charge in [-0.1, -0.05) is 17.7 Å². The molecule has 23 heavy (non-hydrogen) atoms. The minimum atomic E-state index is 0.152. The van der Waals surface area contributed by atoms with E-state index in [0.29, 0.717) is 22.7 Å². The largest absolute Gasteiger partial charge is 0.459 e. The van der Waals surface area contributed by atoms with Gasteiger partial charge in [-0.05, 0) is 30.7 Å². The number of halogens is 1. The second kappa shape index (κ2) is 5.40. The number of rotatable bonds is 3. The van der Waals surface area contributed by atoms with Crippen LogP contribution >= 0.6 is 11.6 Å². The van der Waals surface area contributed by atoms with E-state index < -0.39 is 0 Å². The number of aryl methyl sites for hydroxylation is 1. The minimum Gasteiger partial charge on any atom is -0.459 e. The molecule has 4 rings (SSSR count). The van der Waals surface area contributed by atoms with Crippen LogP contribution in [0.25, 0.3) is 16.8 Å². The Bertz CT molecular complexity index is 974. The zero-order valence-electron chi connectivity index (χ0n) is 12.2. The fraction of sp³-hybridized carbons (Fsp3) is 0.0625. The first-order chi connectivity index (χ1) is 11.2. The number of imidazole rings is 1. The number of benzene rings is 1. The molecule has 0 atom stereocenters. The lowest BCUT2D eigenvalue weighted by Crippen LogP contribution is -1.96. The van der Waals surface area contributed by atoms with Gasteiger partial charge in [-0.25, -0.2) is 9.97 Å². The molecule has 0 saturated heterocycles. The maximum atomic E-state index is 5.93. The Kier molecular flexibility index (Phi) is 3.24. The topological polar surface area (TPSA) is 68.8 Å². The highest BCUT2D eigenvalue weighted by molar-refractivity contribution is 6.28. The maximum Gasteiger partial charge on any atom is 0.225 e. The van der Waals surface area contributed by atoms with E-state index in [9.17, 15) is 0 Å². The van der Waals surface area contributed by atoms with E-state index in [-0.39, 0.29) is 5.28 Å². The summed E-state index contributed by atoms with van der Waals surface area (Å²) in [4.78, 5) is 12.6. The Morgan fingerprint density at radius 2 is 1.96 bits per heavy atom. The summed E-state index contributed by atoms with van der Waals surface area (Å²) in [6.45, 7) is 2.05. The molecule has 0 amide bonds. The summed E-state index contributed by atoms with van der Waals surface area (Å²) in [5.74, 6) is 1.12. The van der Waals surface area contributed by atoms with Crippen LogP contribution in [0, 0.1) is 6.92 Å². The van der Waals surface area contributed by atoms with E-state index in [1.54, 1.807) is 18.7 Å². The zero-order valence-corrected chi connectivity index (χ0v) is 12.9. The van der Waals surface area contributed by atoms with Crippen molar-refractivity contribution in [2.75, 3.05) is 5.32 Å². The van der Waals surface area contributed by atoms with Crippen LogP contribution in [-0.2, 0) is 0 Å². The third kappa shape index (κ3) is 2.64. The number of aromatic nitrogens is 4. The van der Waals surface area contributed by atoms with Crippen molar-refractivity contribution in [1.29, 1.82) is 0 Å². The first-order valence-corrected chi connectivity index (χ1v) is 7.36. The lowest BCUT2D eigenvalue weighted by atomic mass is 10.2. The Hall–Kier alpha value is -2.86. The fourth-order valence-corrected chi connectivity index (χ4v) is 2.46. The highest BCUT2D eigenvalue weighted by Crippen LogP contribution is 2.25. The molecular weight excluding hydrogens is 314 g/mol. The summed E-state index contributed by atoms with van der Waals surface area (Å²) in [7, 11) is 0. The molecule has 0 unspecified atom stereocenters. The van der Waals surface area contributed by atoms with Crippen molar-refractivity contribution in [1.82, 2.24) is 19.5 Å². The summed E-state index contributed by atoms with van der Waals surface area (Å²) in [5, 5.41) is 3.27. The van der Waals surface area contributed by atoms with Crippen molar-refractivity contribution in [3.05, 3.63) is 60.0 Å². The lowest BCUT2D eigenvalue weighted by Gasteiger charge is -2.03. The molecule has 0 bridgehead atoms. The number of nitrogens with zero attached hydrogens (tertiary/aromatic N) is 4. The summed E-state index contributed by atoms with van der Waals surface area (Å²) in [6, 6.07) is 9.91. The molecule has 0 fully saturated rings. The molecule has 0 aliphatic carbocycles. The third-order valence-electron chi connectivity index (χ3n) is 3.44. The average Bonchev–Trinajstić information content (AvgIpc) is 3.17. The molecule has 3 heterocycles. The number of hydrogen-bond donors (Lipinski definition) is 1. The maximum absolute atomic E-state index is 5.93. The highest BCUT2D eigenvalue weighted by atomic mass is 35.5. The standard InChI is InChI=1S/C16H12ClN5O/c1-10-2-4-11(5-3-10)22-8-13(18-9-22)20-15-14-12(6-7-23-14)19-16(17)21-15/h2-9H,1H3,(H,19,20,21). The quantitative estimate of drug-likeness (QED) is 0.574. The van der Waals surface area contributed by atoms with Crippen LogP contribution < -0.4 is 5.32 Å². The molecule has 114 valence electrons. The Morgan fingerprint density at radius 3 is 2.78 bits per heavy atom. The smallest absolute Gasteiger partial charge is 0.225 e. The molecule has 0 saturated carbocycles. The van der Waals surface area contributed by atoms with Crippen LogP contribution in [0.4, 0.5) is 11.6 Å². The van der Waals surface area contributed by atoms with Crippen LogP contribution in [0.3, 0.4) is 0 Å². The molecule has 0 spiro atoms. The Labute approximate surface area is 136 Å². The van der Waals surface area contributed by atoms with Crippen LogP contribution in [0.5, 0.6) is 0 Å². The van der Waals surface area contributed by atoms with E-state index in [0.717, 1.165) is 5.69 Å². The molecule has 3 aromatic heterocycles. The number of anilines is 2. The molecule has 0 aliphatic rings. The van der Waals surface area contributed by atoms with E-state index >= 15 is 0 Å². The van der Waals surface area contributed by atoms with Gasteiger partial charge in [-0.15, -0.1) is 0 Å².